The van der Waals surface area contributed by atoms with Crippen LogP contribution >= 0.6 is 0 Å². The number of alkyl carbamates (subject to hydrolysis) is 2. The molecule has 5 rings (SSSR count). The van der Waals surface area contributed by atoms with Crippen molar-refractivity contribution in [2.45, 2.75) is 156 Å². The molecule has 2 amide bonds. The summed E-state index contributed by atoms with van der Waals surface area (Å²) in [6.45, 7) is 20.0. The Kier molecular flexibility index (Phi) is 18.5. The highest BCUT2D eigenvalue weighted by Crippen LogP contribution is 2.38. The summed E-state index contributed by atoms with van der Waals surface area (Å²) < 4.78 is 29.4. The van der Waals surface area contributed by atoms with Crippen molar-refractivity contribution in [2.75, 3.05) is 0 Å². The number of aliphatic hydroxyl groups excluding tert-OH is 1. The van der Waals surface area contributed by atoms with E-state index in [0.717, 1.165) is 24.0 Å². The SMILES string of the molecule is CC[C@H]1C[C@@H](OC(=O)c2ccc([N+](=O)[O-])cc2)[C@H](NC(=O)OC(C)(C)C)[C@@H](OCc2ccccc2)[C@@H]1C.CC[C@H]1C[C@H](O)[C@H](NC(=O)OC(C)(C)C)[C@@H](OCc2ccccc2)[C@@H]1C. The van der Waals surface area contributed by atoms with Crippen LogP contribution in [-0.4, -0.2) is 75.9 Å². The van der Waals surface area contributed by atoms with Crippen molar-refractivity contribution in [1.82, 2.24) is 10.6 Å². The Morgan fingerprint density at radius 2 is 1.11 bits per heavy atom. The molecule has 0 spiro atoms. The minimum Gasteiger partial charge on any atom is -0.456 e. The van der Waals surface area contributed by atoms with E-state index < -0.39 is 64.7 Å². The number of aliphatic hydroxyl groups is 1. The lowest BCUT2D eigenvalue weighted by Crippen LogP contribution is -2.60. The van der Waals surface area contributed by atoms with Gasteiger partial charge in [-0.1, -0.05) is 101 Å². The van der Waals surface area contributed by atoms with Crippen LogP contribution in [0.2, 0.25) is 0 Å². The van der Waals surface area contributed by atoms with Crippen LogP contribution in [0.1, 0.15) is 116 Å². The zero-order valence-corrected chi connectivity index (χ0v) is 38.6. The molecule has 346 valence electrons. The van der Waals surface area contributed by atoms with Gasteiger partial charge < -0.3 is 39.4 Å². The van der Waals surface area contributed by atoms with Crippen molar-refractivity contribution in [2.24, 2.45) is 23.7 Å². The summed E-state index contributed by atoms with van der Waals surface area (Å²) in [5, 5.41) is 27.4. The average molecular weight is 876 g/mol. The Morgan fingerprint density at radius 3 is 1.54 bits per heavy atom. The molecule has 3 aromatic rings. The fourth-order valence-corrected chi connectivity index (χ4v) is 8.36. The van der Waals surface area contributed by atoms with Crippen molar-refractivity contribution in [1.29, 1.82) is 0 Å². The zero-order valence-electron chi connectivity index (χ0n) is 38.6. The van der Waals surface area contributed by atoms with Crippen molar-refractivity contribution >= 4 is 23.8 Å². The van der Waals surface area contributed by atoms with E-state index in [0.29, 0.717) is 32.0 Å². The van der Waals surface area contributed by atoms with Gasteiger partial charge in [0, 0.05) is 12.1 Å². The van der Waals surface area contributed by atoms with Gasteiger partial charge in [0.15, 0.2) is 0 Å². The topological polar surface area (TPSA) is 185 Å². The highest BCUT2D eigenvalue weighted by molar-refractivity contribution is 5.89. The van der Waals surface area contributed by atoms with Crippen LogP contribution in [0.15, 0.2) is 84.9 Å². The van der Waals surface area contributed by atoms with E-state index in [1.807, 2.05) is 81.4 Å². The number of nitro benzene ring substituents is 1. The number of rotatable bonds is 13. The fraction of sp³-hybridized carbons (Fsp3) is 0.571. The van der Waals surface area contributed by atoms with Crippen LogP contribution in [0.3, 0.4) is 0 Å². The molecule has 2 aliphatic rings. The summed E-state index contributed by atoms with van der Waals surface area (Å²) in [5.41, 5.74) is 0.846. The standard InChI is InChI=1S/C28H36N2O7.C21H33NO4/c1-6-20-16-23(36-26(31)21-12-14-22(15-13-21)30(33)34)24(29-27(32)37-28(3,4)5)25(18(20)2)35-17-19-10-8-7-9-11-19;1-6-16-12-17(23)18(22-20(24)26-21(3,4)5)19(14(16)2)25-13-15-10-8-7-9-11-15/h7-15,18,20,23-25H,6,16-17H2,1-5H3,(H,29,32);7-11,14,16-19,23H,6,12-13H2,1-5H3,(H,22,24)/t18-,20+,23-,24+,25+;14-,16+,17+,18+,19+/m11/s1. The first-order valence-corrected chi connectivity index (χ1v) is 22.1. The van der Waals surface area contributed by atoms with Crippen LogP contribution in [-0.2, 0) is 36.9 Å². The van der Waals surface area contributed by atoms with Gasteiger partial charge in [0.2, 0.25) is 0 Å². The molecule has 14 heteroatoms. The van der Waals surface area contributed by atoms with E-state index in [2.05, 4.69) is 38.3 Å². The molecule has 63 heavy (non-hydrogen) atoms. The van der Waals surface area contributed by atoms with Crippen LogP contribution in [0.5, 0.6) is 0 Å². The third kappa shape index (κ3) is 15.6. The molecule has 2 fully saturated rings. The fourth-order valence-electron chi connectivity index (χ4n) is 8.36. The molecule has 3 N–H and O–H groups in total. The van der Waals surface area contributed by atoms with Gasteiger partial charge in [-0.3, -0.25) is 10.1 Å². The molecular weight excluding hydrogens is 807 g/mol. The first kappa shape index (κ1) is 50.6. The Bertz CT molecular complexity index is 1900. The molecule has 3 aromatic carbocycles. The molecule has 0 aliphatic heterocycles. The van der Waals surface area contributed by atoms with E-state index >= 15 is 0 Å². The number of esters is 1. The normalized spacial score (nSPS) is 26.0. The largest absolute Gasteiger partial charge is 0.456 e. The van der Waals surface area contributed by atoms with E-state index in [4.69, 9.17) is 23.7 Å². The second kappa shape index (κ2) is 23.0. The predicted octanol–water partition coefficient (Wildman–Crippen LogP) is 9.56. The average Bonchev–Trinajstić information content (AvgIpc) is 3.22. The van der Waals surface area contributed by atoms with Gasteiger partial charge in [-0.25, -0.2) is 14.4 Å². The number of nitrogens with zero attached hydrogens (tertiary/aromatic N) is 1. The van der Waals surface area contributed by atoms with Crippen LogP contribution in [0.4, 0.5) is 15.3 Å². The summed E-state index contributed by atoms with van der Waals surface area (Å²) in [7, 11) is 0. The first-order valence-electron chi connectivity index (χ1n) is 22.1. The monoisotopic (exact) mass is 875 g/mol. The van der Waals surface area contributed by atoms with Gasteiger partial charge in [0.1, 0.15) is 17.3 Å². The molecule has 0 unspecified atom stereocenters. The van der Waals surface area contributed by atoms with Gasteiger partial charge >= 0.3 is 18.2 Å². The molecular formula is C49H69N3O11. The first-order chi connectivity index (χ1) is 29.7. The van der Waals surface area contributed by atoms with Crippen molar-refractivity contribution in [3.05, 3.63) is 112 Å². The number of carbonyl (C=O) groups is 3. The highest BCUT2D eigenvalue weighted by atomic mass is 16.6. The van der Waals surface area contributed by atoms with Gasteiger partial charge in [-0.2, -0.15) is 0 Å². The van der Waals surface area contributed by atoms with Gasteiger partial charge in [-0.15, -0.1) is 0 Å². The molecule has 2 aliphatic carbocycles. The van der Waals surface area contributed by atoms with Crippen molar-refractivity contribution in [3.63, 3.8) is 0 Å². The smallest absolute Gasteiger partial charge is 0.408 e. The summed E-state index contributed by atoms with van der Waals surface area (Å²) in [6, 6.07) is 23.8. The number of nitro groups is 1. The minimum absolute atomic E-state index is 0.0722. The number of nitrogens with one attached hydrogen (secondary N) is 2. The molecule has 0 aromatic heterocycles. The maximum atomic E-state index is 13.0. The van der Waals surface area contributed by atoms with Crippen molar-refractivity contribution in [3.8, 4) is 0 Å². The van der Waals surface area contributed by atoms with Gasteiger partial charge in [0.25, 0.3) is 5.69 Å². The number of benzene rings is 3. The summed E-state index contributed by atoms with van der Waals surface area (Å²) in [4.78, 5) is 48.5. The van der Waals surface area contributed by atoms with Gasteiger partial charge in [0.05, 0.1) is 54.1 Å². The lowest BCUT2D eigenvalue weighted by Gasteiger charge is -2.45. The Balaban J connectivity index is 0.000000294. The summed E-state index contributed by atoms with van der Waals surface area (Å²) in [5.74, 6) is 0.228. The van der Waals surface area contributed by atoms with Gasteiger partial charge in [-0.05, 0) is 101 Å². The summed E-state index contributed by atoms with van der Waals surface area (Å²) in [6.07, 6.45) is -0.175. The van der Waals surface area contributed by atoms with Crippen LogP contribution in [0.25, 0.3) is 0 Å². The Morgan fingerprint density at radius 1 is 0.683 bits per heavy atom. The molecule has 14 nitrogen and oxygen atoms in total. The molecule has 2 saturated carbocycles. The maximum Gasteiger partial charge on any atom is 0.408 e. The number of hydrogen-bond donors (Lipinski definition) is 3. The predicted molar refractivity (Wildman–Crippen MR) is 240 cm³/mol. The van der Waals surface area contributed by atoms with E-state index in [1.54, 1.807) is 20.8 Å². The molecule has 0 saturated heterocycles. The zero-order chi connectivity index (χ0) is 46.5. The quantitative estimate of drug-likeness (QED) is 0.0643. The minimum atomic E-state index is -0.707. The Hall–Kier alpha value is -5.05. The number of ether oxygens (including phenoxy) is 5. The van der Waals surface area contributed by atoms with E-state index in [9.17, 15) is 29.6 Å². The number of carbonyl (C=O) groups excluding carboxylic acids is 3. The number of hydrogen-bond acceptors (Lipinski definition) is 11. The Labute approximate surface area is 372 Å². The molecule has 0 heterocycles. The molecule has 0 bridgehead atoms. The maximum absolute atomic E-state index is 13.0. The van der Waals surface area contributed by atoms with Crippen LogP contribution < -0.4 is 10.6 Å². The third-order valence-corrected chi connectivity index (χ3v) is 11.7. The lowest BCUT2D eigenvalue weighted by atomic mass is 9.73. The molecule has 0 radical (unpaired) electrons. The molecule has 10 atom stereocenters. The van der Waals surface area contributed by atoms with Crippen molar-refractivity contribution < 1.29 is 48.1 Å². The van der Waals surface area contributed by atoms with E-state index in [-0.39, 0.29) is 35.1 Å². The number of non-ortho nitro benzene ring substituents is 1. The number of amides is 2. The highest BCUT2D eigenvalue weighted by Gasteiger charge is 2.47. The second-order valence-electron chi connectivity index (χ2n) is 18.7. The summed E-state index contributed by atoms with van der Waals surface area (Å²) >= 11 is 0. The lowest BCUT2D eigenvalue weighted by molar-refractivity contribution is -0.384. The van der Waals surface area contributed by atoms with E-state index in [1.165, 1.54) is 24.3 Å². The van der Waals surface area contributed by atoms with Crippen LogP contribution in [0, 0.1) is 33.8 Å². The third-order valence-electron chi connectivity index (χ3n) is 11.7. The second-order valence-corrected chi connectivity index (χ2v) is 18.7.